The molecular formula is C17H20FN3O3. The van der Waals surface area contributed by atoms with Crippen molar-refractivity contribution in [2.75, 3.05) is 0 Å². The van der Waals surface area contributed by atoms with Gasteiger partial charge in [0.05, 0.1) is 12.2 Å². The summed E-state index contributed by atoms with van der Waals surface area (Å²) in [6, 6.07) is 5.50. The zero-order chi connectivity index (χ0) is 17.9. The van der Waals surface area contributed by atoms with Crippen LogP contribution in [0.1, 0.15) is 41.5 Å². The second-order valence-electron chi connectivity index (χ2n) is 5.60. The molecule has 2 unspecified atom stereocenters. The molecule has 2 atom stereocenters. The molecule has 1 aromatic carbocycles. The summed E-state index contributed by atoms with van der Waals surface area (Å²) in [5.41, 5.74) is 1.74. The van der Waals surface area contributed by atoms with E-state index in [9.17, 15) is 14.0 Å². The summed E-state index contributed by atoms with van der Waals surface area (Å²) < 4.78 is 19.7. The van der Waals surface area contributed by atoms with Crippen molar-refractivity contribution in [1.29, 1.82) is 0 Å². The van der Waals surface area contributed by atoms with Crippen LogP contribution in [0.3, 0.4) is 0 Å². The summed E-state index contributed by atoms with van der Waals surface area (Å²) in [5.74, 6) is -1.37. The highest BCUT2D eigenvalue weighted by Gasteiger charge is 2.23. The van der Waals surface area contributed by atoms with Crippen LogP contribution in [0.15, 0.2) is 30.5 Å². The molecule has 0 spiro atoms. The lowest BCUT2D eigenvalue weighted by Gasteiger charge is -2.18. The Hall–Kier alpha value is -2.70. The normalized spacial score (nSPS) is 13.2. The number of benzene rings is 1. The van der Waals surface area contributed by atoms with E-state index in [1.807, 2.05) is 0 Å². The molecular weight excluding hydrogens is 313 g/mol. The van der Waals surface area contributed by atoms with Crippen molar-refractivity contribution in [2.24, 2.45) is 7.05 Å². The van der Waals surface area contributed by atoms with E-state index >= 15 is 0 Å². The van der Waals surface area contributed by atoms with Crippen LogP contribution in [0.5, 0.6) is 0 Å². The van der Waals surface area contributed by atoms with Gasteiger partial charge < -0.3 is 10.1 Å². The lowest BCUT2D eigenvalue weighted by atomic mass is 10.1. The Morgan fingerprint density at radius 3 is 2.42 bits per heavy atom. The molecule has 0 aliphatic carbocycles. The predicted octanol–water partition coefficient (Wildman–Crippen LogP) is 2.29. The van der Waals surface area contributed by atoms with Crippen LogP contribution >= 0.6 is 0 Å². The fraction of sp³-hybridized carbons (Fsp3) is 0.353. The molecule has 1 aromatic heterocycles. The minimum absolute atomic E-state index is 0.323. The van der Waals surface area contributed by atoms with E-state index in [1.165, 1.54) is 25.3 Å². The lowest BCUT2D eigenvalue weighted by molar-refractivity contribution is -0.129. The largest absolute Gasteiger partial charge is 0.449 e. The number of rotatable bonds is 5. The van der Waals surface area contributed by atoms with Gasteiger partial charge in [-0.15, -0.1) is 0 Å². The number of halogens is 1. The van der Waals surface area contributed by atoms with Crippen LogP contribution in [0, 0.1) is 12.7 Å². The maximum absolute atomic E-state index is 12.9. The number of nitrogens with zero attached hydrogens (tertiary/aromatic N) is 2. The molecule has 2 rings (SSSR count). The number of hydrogen-bond acceptors (Lipinski definition) is 4. The Labute approximate surface area is 139 Å². The Morgan fingerprint density at radius 2 is 1.88 bits per heavy atom. The van der Waals surface area contributed by atoms with Crippen LogP contribution in [-0.2, 0) is 16.6 Å². The minimum atomic E-state index is -0.958. The van der Waals surface area contributed by atoms with Crippen LogP contribution < -0.4 is 5.32 Å². The Kier molecular flexibility index (Phi) is 5.33. The highest BCUT2D eigenvalue weighted by molar-refractivity contribution is 5.93. The minimum Gasteiger partial charge on any atom is -0.449 e. The summed E-state index contributed by atoms with van der Waals surface area (Å²) in [4.78, 5) is 24.3. The molecule has 0 saturated heterocycles. The number of carbonyl (C=O) groups excluding carboxylic acids is 2. The van der Waals surface area contributed by atoms with E-state index < -0.39 is 18.0 Å². The summed E-state index contributed by atoms with van der Waals surface area (Å²) in [6.45, 7) is 5.01. The summed E-state index contributed by atoms with van der Waals surface area (Å²) >= 11 is 0. The third-order valence-electron chi connectivity index (χ3n) is 3.84. The number of aryl methyl sites for hydroxylation is 1. The molecule has 1 heterocycles. The van der Waals surface area contributed by atoms with E-state index in [0.29, 0.717) is 11.3 Å². The quantitative estimate of drug-likeness (QED) is 0.852. The summed E-state index contributed by atoms with van der Waals surface area (Å²) in [5, 5.41) is 6.70. The van der Waals surface area contributed by atoms with Gasteiger partial charge in [-0.1, -0.05) is 12.1 Å². The topological polar surface area (TPSA) is 73.2 Å². The number of ether oxygens (including phenoxy) is 1. The Balaban J connectivity index is 1.95. The van der Waals surface area contributed by atoms with Crippen molar-refractivity contribution in [3.63, 3.8) is 0 Å². The van der Waals surface area contributed by atoms with E-state index in [4.69, 9.17) is 4.74 Å². The molecule has 1 N–H and O–H groups in total. The molecule has 128 valence electrons. The number of aromatic nitrogens is 2. The van der Waals surface area contributed by atoms with Gasteiger partial charge in [0.2, 0.25) is 0 Å². The highest BCUT2D eigenvalue weighted by Crippen LogP contribution is 2.14. The zero-order valence-electron chi connectivity index (χ0n) is 14.0. The van der Waals surface area contributed by atoms with Crippen molar-refractivity contribution in [2.45, 2.75) is 32.9 Å². The van der Waals surface area contributed by atoms with Crippen LogP contribution in [0.25, 0.3) is 0 Å². The molecule has 0 fully saturated rings. The van der Waals surface area contributed by atoms with Crippen LogP contribution in [0.4, 0.5) is 4.39 Å². The first kappa shape index (κ1) is 17.7. The first-order valence-electron chi connectivity index (χ1n) is 7.55. The van der Waals surface area contributed by atoms with Crippen molar-refractivity contribution < 1.29 is 18.7 Å². The van der Waals surface area contributed by atoms with Gasteiger partial charge in [0.15, 0.2) is 6.10 Å². The fourth-order valence-corrected chi connectivity index (χ4v) is 2.14. The molecule has 24 heavy (non-hydrogen) atoms. The smallest absolute Gasteiger partial charge is 0.342 e. The number of esters is 1. The molecule has 0 aliphatic rings. The predicted molar refractivity (Wildman–Crippen MR) is 85.8 cm³/mol. The highest BCUT2D eigenvalue weighted by atomic mass is 19.1. The maximum Gasteiger partial charge on any atom is 0.342 e. The molecule has 0 radical (unpaired) electrons. The van der Waals surface area contributed by atoms with Gasteiger partial charge in [-0.3, -0.25) is 9.48 Å². The van der Waals surface area contributed by atoms with Gasteiger partial charge in [0.25, 0.3) is 5.91 Å². The molecule has 0 saturated carbocycles. The molecule has 7 heteroatoms. The number of nitrogens with one attached hydrogen (secondary N) is 1. The third kappa shape index (κ3) is 3.98. The summed E-state index contributed by atoms with van der Waals surface area (Å²) in [6.07, 6.45) is 0.448. The van der Waals surface area contributed by atoms with Crippen LogP contribution in [0.2, 0.25) is 0 Å². The van der Waals surface area contributed by atoms with Crippen molar-refractivity contribution in [3.05, 3.63) is 53.1 Å². The van der Waals surface area contributed by atoms with Crippen molar-refractivity contribution >= 4 is 11.9 Å². The first-order chi connectivity index (χ1) is 11.3. The fourth-order valence-electron chi connectivity index (χ4n) is 2.14. The maximum atomic E-state index is 12.9. The zero-order valence-corrected chi connectivity index (χ0v) is 14.0. The summed E-state index contributed by atoms with van der Waals surface area (Å²) in [7, 11) is 1.71. The van der Waals surface area contributed by atoms with Gasteiger partial charge in [0.1, 0.15) is 11.4 Å². The van der Waals surface area contributed by atoms with Crippen molar-refractivity contribution in [1.82, 2.24) is 15.1 Å². The van der Waals surface area contributed by atoms with Crippen molar-refractivity contribution in [3.8, 4) is 0 Å². The first-order valence-corrected chi connectivity index (χ1v) is 7.55. The standard InChI is InChI=1S/C17H20FN3O3/c1-10(13-5-7-14(18)8-6-13)20-16(22)12(3)24-17(23)15-9-19-21(4)11(15)2/h5-10,12H,1-4H3,(H,20,22). The number of amides is 1. The molecule has 2 aromatic rings. The van der Waals surface area contributed by atoms with E-state index in [2.05, 4.69) is 10.4 Å². The molecule has 6 nitrogen and oxygen atoms in total. The average molecular weight is 333 g/mol. The molecule has 0 aliphatic heterocycles. The van der Waals surface area contributed by atoms with Gasteiger partial charge >= 0.3 is 5.97 Å². The second kappa shape index (κ2) is 7.25. The van der Waals surface area contributed by atoms with E-state index in [0.717, 1.165) is 5.56 Å². The van der Waals surface area contributed by atoms with Gasteiger partial charge in [-0.05, 0) is 38.5 Å². The number of carbonyl (C=O) groups is 2. The van der Waals surface area contributed by atoms with Gasteiger partial charge in [-0.25, -0.2) is 9.18 Å². The molecule has 0 bridgehead atoms. The average Bonchev–Trinajstić information content (AvgIpc) is 2.87. The van der Waals surface area contributed by atoms with Gasteiger partial charge in [-0.2, -0.15) is 5.10 Å². The Bertz CT molecular complexity index is 740. The monoisotopic (exact) mass is 333 g/mol. The van der Waals surface area contributed by atoms with Crippen LogP contribution in [-0.4, -0.2) is 27.8 Å². The Morgan fingerprint density at radius 1 is 1.25 bits per heavy atom. The number of hydrogen-bond donors (Lipinski definition) is 1. The molecule has 1 amide bonds. The van der Waals surface area contributed by atoms with Gasteiger partial charge in [0, 0.05) is 12.7 Å². The SMILES string of the molecule is Cc1c(C(=O)OC(C)C(=O)NC(C)c2ccc(F)cc2)cnn1C. The van der Waals surface area contributed by atoms with E-state index in [-0.39, 0.29) is 11.9 Å². The second-order valence-corrected chi connectivity index (χ2v) is 5.60. The third-order valence-corrected chi connectivity index (χ3v) is 3.84. The lowest BCUT2D eigenvalue weighted by Crippen LogP contribution is -2.37. The van der Waals surface area contributed by atoms with E-state index in [1.54, 1.807) is 37.7 Å².